The first kappa shape index (κ1) is 19.6. The Hall–Kier alpha value is -1.44. The van der Waals surface area contributed by atoms with Crippen LogP contribution in [0.25, 0.3) is 0 Å². The lowest BCUT2D eigenvalue weighted by molar-refractivity contribution is -0.129. The summed E-state index contributed by atoms with van der Waals surface area (Å²) in [6, 6.07) is -0.0517. The molecule has 1 atom stereocenters. The van der Waals surface area contributed by atoms with E-state index < -0.39 is 17.6 Å². The first-order valence-corrected chi connectivity index (χ1v) is 8.84. The molecular formula is C15H27N3O4S. The summed E-state index contributed by atoms with van der Waals surface area (Å²) >= 11 is 1.20. The van der Waals surface area contributed by atoms with Crippen LogP contribution in [-0.2, 0) is 14.3 Å². The number of nitrogens with zero attached hydrogens (tertiary/aromatic N) is 1. The minimum Gasteiger partial charge on any atom is -0.444 e. The van der Waals surface area contributed by atoms with Gasteiger partial charge in [0.1, 0.15) is 5.60 Å². The molecule has 0 aromatic carbocycles. The fraction of sp³-hybridized carbons (Fsp3) is 0.800. The Kier molecular flexibility index (Phi) is 7.18. The molecule has 0 aliphatic heterocycles. The maximum atomic E-state index is 12.2. The number of nitrogens with two attached hydrogens (primary N) is 1. The van der Waals surface area contributed by atoms with Gasteiger partial charge in [0.25, 0.3) is 0 Å². The van der Waals surface area contributed by atoms with Crippen molar-refractivity contribution in [1.29, 1.82) is 0 Å². The first-order chi connectivity index (χ1) is 10.6. The van der Waals surface area contributed by atoms with E-state index in [-0.39, 0.29) is 23.5 Å². The van der Waals surface area contributed by atoms with Gasteiger partial charge in [0.15, 0.2) is 0 Å². The van der Waals surface area contributed by atoms with E-state index >= 15 is 0 Å². The summed E-state index contributed by atoms with van der Waals surface area (Å²) in [7, 11) is 1.73. The molecule has 1 fully saturated rings. The van der Waals surface area contributed by atoms with Crippen LogP contribution in [0.2, 0.25) is 0 Å². The average Bonchev–Trinajstić information content (AvgIpc) is 3.20. The molecule has 0 heterocycles. The Balaban J connectivity index is 2.46. The highest BCUT2D eigenvalue weighted by molar-refractivity contribution is 8.00. The molecule has 0 bridgehead atoms. The van der Waals surface area contributed by atoms with Crippen LogP contribution in [0.4, 0.5) is 4.79 Å². The van der Waals surface area contributed by atoms with E-state index in [0.29, 0.717) is 12.5 Å². The van der Waals surface area contributed by atoms with E-state index in [1.165, 1.54) is 11.8 Å². The van der Waals surface area contributed by atoms with Gasteiger partial charge in [0.05, 0.1) is 17.5 Å². The Morgan fingerprint density at radius 3 is 2.39 bits per heavy atom. The Labute approximate surface area is 141 Å². The van der Waals surface area contributed by atoms with Crippen molar-refractivity contribution in [2.75, 3.05) is 25.1 Å². The van der Waals surface area contributed by atoms with Crippen LogP contribution in [0.3, 0.4) is 0 Å². The number of carbonyl (C=O) groups excluding carboxylic acids is 3. The summed E-state index contributed by atoms with van der Waals surface area (Å²) < 4.78 is 5.21. The van der Waals surface area contributed by atoms with Gasteiger partial charge in [-0.2, -0.15) is 0 Å². The van der Waals surface area contributed by atoms with E-state index in [2.05, 4.69) is 5.32 Å². The third-order valence-electron chi connectivity index (χ3n) is 3.38. The molecule has 1 aliphatic rings. The van der Waals surface area contributed by atoms with Crippen LogP contribution >= 0.6 is 11.8 Å². The first-order valence-electron chi connectivity index (χ1n) is 7.68. The standard InChI is InChI=1S/C15H27N3O4S/c1-15(2,3)22-14(21)17-7-11(10-5-6-10)18(4)13(20)9-23-8-12(16)19/h10-11H,5-9H2,1-4H3,(H2,16,19)(H,17,21). The number of ether oxygens (including phenoxy) is 1. The van der Waals surface area contributed by atoms with Gasteiger partial charge in [-0.1, -0.05) is 0 Å². The van der Waals surface area contributed by atoms with E-state index in [1.807, 2.05) is 0 Å². The van der Waals surface area contributed by atoms with Crippen molar-refractivity contribution >= 4 is 29.7 Å². The van der Waals surface area contributed by atoms with Crippen LogP contribution in [0, 0.1) is 5.92 Å². The number of likely N-dealkylation sites (N-methyl/N-ethyl adjacent to an activating group) is 1. The van der Waals surface area contributed by atoms with Crippen LogP contribution in [0.1, 0.15) is 33.6 Å². The smallest absolute Gasteiger partial charge is 0.407 e. The predicted molar refractivity (Wildman–Crippen MR) is 90.0 cm³/mol. The third kappa shape index (κ3) is 8.11. The largest absolute Gasteiger partial charge is 0.444 e. The molecule has 23 heavy (non-hydrogen) atoms. The molecule has 1 saturated carbocycles. The lowest BCUT2D eigenvalue weighted by atomic mass is 10.1. The topological polar surface area (TPSA) is 102 Å². The van der Waals surface area contributed by atoms with Crippen molar-refractivity contribution in [3.63, 3.8) is 0 Å². The van der Waals surface area contributed by atoms with Gasteiger partial charge in [-0.25, -0.2) is 4.79 Å². The predicted octanol–water partition coefficient (Wildman–Crippen LogP) is 0.967. The lowest BCUT2D eigenvalue weighted by Crippen LogP contribution is -2.47. The van der Waals surface area contributed by atoms with Gasteiger partial charge >= 0.3 is 6.09 Å². The third-order valence-corrected chi connectivity index (χ3v) is 4.32. The molecule has 3 N–H and O–H groups in total. The molecule has 1 unspecified atom stereocenters. The number of amides is 3. The molecule has 7 nitrogen and oxygen atoms in total. The maximum Gasteiger partial charge on any atom is 0.407 e. The van der Waals surface area contributed by atoms with Gasteiger partial charge < -0.3 is 20.7 Å². The summed E-state index contributed by atoms with van der Waals surface area (Å²) in [4.78, 5) is 36.3. The molecule has 0 aromatic rings. The zero-order valence-corrected chi connectivity index (χ0v) is 15.1. The van der Waals surface area contributed by atoms with Gasteiger partial charge in [-0.15, -0.1) is 11.8 Å². The quantitative estimate of drug-likeness (QED) is 0.682. The van der Waals surface area contributed by atoms with Gasteiger partial charge in [0.2, 0.25) is 11.8 Å². The molecular weight excluding hydrogens is 318 g/mol. The molecule has 0 saturated heterocycles. The summed E-state index contributed by atoms with van der Waals surface area (Å²) in [5.74, 6) is 0.230. The van der Waals surface area contributed by atoms with Crippen molar-refractivity contribution < 1.29 is 19.1 Å². The van der Waals surface area contributed by atoms with E-state index in [9.17, 15) is 14.4 Å². The highest BCUT2D eigenvalue weighted by Crippen LogP contribution is 2.35. The van der Waals surface area contributed by atoms with Crippen LogP contribution < -0.4 is 11.1 Å². The van der Waals surface area contributed by atoms with Crippen molar-refractivity contribution in [2.45, 2.75) is 45.3 Å². The molecule has 3 amide bonds. The second-order valence-electron chi connectivity index (χ2n) is 6.75. The van der Waals surface area contributed by atoms with E-state index in [1.54, 1.807) is 32.7 Å². The second kappa shape index (κ2) is 8.42. The minimum absolute atomic E-state index is 0.0517. The highest BCUT2D eigenvalue weighted by Gasteiger charge is 2.36. The number of hydrogen-bond acceptors (Lipinski definition) is 5. The second-order valence-corrected chi connectivity index (χ2v) is 7.74. The summed E-state index contributed by atoms with van der Waals surface area (Å²) in [6.07, 6.45) is 1.62. The van der Waals surface area contributed by atoms with Crippen molar-refractivity contribution in [2.24, 2.45) is 11.7 Å². The number of nitrogens with one attached hydrogen (secondary N) is 1. The molecule has 0 spiro atoms. The monoisotopic (exact) mass is 345 g/mol. The average molecular weight is 345 g/mol. The Morgan fingerprint density at radius 1 is 1.30 bits per heavy atom. The van der Waals surface area contributed by atoms with Gasteiger partial charge in [-0.3, -0.25) is 9.59 Å². The van der Waals surface area contributed by atoms with E-state index in [4.69, 9.17) is 10.5 Å². The number of carbonyl (C=O) groups is 3. The molecule has 0 aromatic heterocycles. The Morgan fingerprint density at radius 2 is 1.91 bits per heavy atom. The summed E-state index contributed by atoms with van der Waals surface area (Å²) in [5.41, 5.74) is 4.51. The normalized spacial score (nSPS) is 15.7. The van der Waals surface area contributed by atoms with Crippen molar-refractivity contribution in [1.82, 2.24) is 10.2 Å². The maximum absolute atomic E-state index is 12.2. The number of rotatable bonds is 8. The summed E-state index contributed by atoms with van der Waals surface area (Å²) in [6.45, 7) is 5.77. The molecule has 8 heteroatoms. The zero-order chi connectivity index (χ0) is 17.6. The van der Waals surface area contributed by atoms with Crippen LogP contribution in [0.15, 0.2) is 0 Å². The van der Waals surface area contributed by atoms with Crippen LogP contribution in [-0.4, -0.2) is 59.5 Å². The molecule has 132 valence electrons. The minimum atomic E-state index is -0.549. The summed E-state index contributed by atoms with van der Waals surface area (Å²) in [5, 5.41) is 2.73. The van der Waals surface area contributed by atoms with Crippen molar-refractivity contribution in [3.8, 4) is 0 Å². The van der Waals surface area contributed by atoms with Crippen LogP contribution in [0.5, 0.6) is 0 Å². The zero-order valence-electron chi connectivity index (χ0n) is 14.3. The number of hydrogen-bond donors (Lipinski definition) is 2. The lowest BCUT2D eigenvalue weighted by Gasteiger charge is -2.29. The number of thioether (sulfide) groups is 1. The fourth-order valence-electron chi connectivity index (χ4n) is 2.13. The molecule has 0 radical (unpaired) electrons. The van der Waals surface area contributed by atoms with Gasteiger partial charge in [-0.05, 0) is 39.5 Å². The molecule has 1 rings (SSSR count). The number of primary amides is 1. The van der Waals surface area contributed by atoms with E-state index in [0.717, 1.165) is 12.8 Å². The SMILES string of the molecule is CN(C(=O)CSCC(N)=O)C(CNC(=O)OC(C)(C)C)C1CC1. The number of alkyl carbamates (subject to hydrolysis) is 1. The van der Waals surface area contributed by atoms with Crippen molar-refractivity contribution in [3.05, 3.63) is 0 Å². The Bertz CT molecular complexity index is 446. The highest BCUT2D eigenvalue weighted by atomic mass is 32.2. The fourth-order valence-corrected chi connectivity index (χ4v) is 2.81. The molecule has 1 aliphatic carbocycles. The van der Waals surface area contributed by atoms with Gasteiger partial charge in [0, 0.05) is 13.6 Å².